The van der Waals surface area contributed by atoms with E-state index in [2.05, 4.69) is 5.32 Å². The number of rotatable bonds is 6. The summed E-state index contributed by atoms with van der Waals surface area (Å²) in [7, 11) is 0. The van der Waals surface area contributed by atoms with Crippen molar-refractivity contribution < 1.29 is 14.7 Å². The second-order valence-electron chi connectivity index (χ2n) is 4.04. The first-order valence-electron chi connectivity index (χ1n) is 5.81. The van der Waals surface area contributed by atoms with E-state index in [4.69, 9.17) is 16.7 Å². The van der Waals surface area contributed by atoms with E-state index in [1.54, 1.807) is 24.3 Å². The molecular weight excluding hydrogens is 254 g/mol. The summed E-state index contributed by atoms with van der Waals surface area (Å²) in [4.78, 5) is 22.4. The summed E-state index contributed by atoms with van der Waals surface area (Å²) in [5.74, 6) is -1.34. The number of carboxylic acid groups (broad SMARTS) is 1. The van der Waals surface area contributed by atoms with Crippen LogP contribution >= 0.6 is 11.6 Å². The summed E-state index contributed by atoms with van der Waals surface area (Å²) in [6.45, 7) is 1.87. The average Bonchev–Trinajstić information content (AvgIpc) is 2.29. The molecule has 0 aliphatic heterocycles. The van der Waals surface area contributed by atoms with Crippen LogP contribution in [0.4, 0.5) is 5.69 Å². The van der Waals surface area contributed by atoms with Gasteiger partial charge in [-0.15, -0.1) is 0 Å². The fraction of sp³-hybridized carbons (Fsp3) is 0.385. The number of benzene rings is 1. The van der Waals surface area contributed by atoms with Crippen LogP contribution in [-0.4, -0.2) is 17.0 Å². The molecule has 5 heteroatoms. The Labute approximate surface area is 111 Å². The summed E-state index contributed by atoms with van der Waals surface area (Å²) >= 11 is 5.82. The fourth-order valence-corrected chi connectivity index (χ4v) is 1.82. The third-order valence-corrected chi connectivity index (χ3v) is 2.90. The first-order chi connectivity index (χ1) is 8.52. The zero-order valence-electron chi connectivity index (χ0n) is 10.1. The number of amides is 1. The van der Waals surface area contributed by atoms with Crippen LogP contribution in [0.15, 0.2) is 24.3 Å². The molecule has 0 saturated carbocycles. The third-order valence-electron chi connectivity index (χ3n) is 2.66. The van der Waals surface area contributed by atoms with Gasteiger partial charge in [0.1, 0.15) is 0 Å². The van der Waals surface area contributed by atoms with Crippen LogP contribution < -0.4 is 5.32 Å². The lowest BCUT2D eigenvalue weighted by Gasteiger charge is -2.14. The monoisotopic (exact) mass is 269 g/mol. The molecule has 0 spiro atoms. The van der Waals surface area contributed by atoms with Crippen LogP contribution in [0.25, 0.3) is 0 Å². The Hall–Kier alpha value is -1.55. The highest BCUT2D eigenvalue weighted by Gasteiger charge is 2.17. The van der Waals surface area contributed by atoms with Crippen LogP contribution in [0.3, 0.4) is 0 Å². The molecule has 0 saturated heterocycles. The summed E-state index contributed by atoms with van der Waals surface area (Å²) in [5.41, 5.74) is 0.626. The molecule has 1 rings (SSSR count). The number of anilines is 1. The van der Waals surface area contributed by atoms with Crippen molar-refractivity contribution in [1.82, 2.24) is 0 Å². The molecule has 0 aliphatic rings. The maximum Gasteiger partial charge on any atom is 0.303 e. The van der Waals surface area contributed by atoms with Gasteiger partial charge in [-0.2, -0.15) is 0 Å². The number of nitrogens with one attached hydrogen (secondary N) is 1. The van der Waals surface area contributed by atoms with Crippen molar-refractivity contribution in [1.29, 1.82) is 0 Å². The topological polar surface area (TPSA) is 66.4 Å². The van der Waals surface area contributed by atoms with Crippen molar-refractivity contribution in [3.63, 3.8) is 0 Å². The summed E-state index contributed by atoms with van der Waals surface area (Å²) in [6, 6.07) is 6.87. The van der Waals surface area contributed by atoms with Gasteiger partial charge in [0.05, 0.1) is 0 Å². The zero-order chi connectivity index (χ0) is 13.5. The van der Waals surface area contributed by atoms with E-state index in [1.165, 1.54) is 0 Å². The second kappa shape index (κ2) is 7.01. The van der Waals surface area contributed by atoms with Gasteiger partial charge in [0.2, 0.25) is 5.91 Å². The smallest absolute Gasteiger partial charge is 0.303 e. The van der Waals surface area contributed by atoms with Crippen LogP contribution in [0.2, 0.25) is 5.02 Å². The average molecular weight is 270 g/mol. The Morgan fingerprint density at radius 1 is 1.44 bits per heavy atom. The molecule has 98 valence electrons. The number of halogens is 1. The number of carbonyl (C=O) groups excluding carboxylic acids is 1. The highest BCUT2D eigenvalue weighted by Crippen LogP contribution is 2.18. The molecule has 0 fully saturated rings. The molecule has 0 bridgehead atoms. The van der Waals surface area contributed by atoms with E-state index in [0.717, 1.165) is 0 Å². The van der Waals surface area contributed by atoms with Crippen LogP contribution in [-0.2, 0) is 9.59 Å². The van der Waals surface area contributed by atoms with Gasteiger partial charge in [-0.05, 0) is 31.0 Å². The lowest BCUT2D eigenvalue weighted by Crippen LogP contribution is -2.23. The minimum absolute atomic E-state index is 0.00146. The van der Waals surface area contributed by atoms with Crippen LogP contribution in [0.5, 0.6) is 0 Å². The molecule has 1 aromatic carbocycles. The zero-order valence-corrected chi connectivity index (χ0v) is 10.9. The van der Waals surface area contributed by atoms with Gasteiger partial charge >= 0.3 is 5.97 Å². The molecule has 1 atom stereocenters. The maximum atomic E-state index is 11.9. The van der Waals surface area contributed by atoms with Crippen LogP contribution in [0, 0.1) is 5.92 Å². The number of carboxylic acids is 1. The van der Waals surface area contributed by atoms with Gasteiger partial charge in [-0.1, -0.05) is 24.6 Å². The molecule has 0 aromatic heterocycles. The van der Waals surface area contributed by atoms with E-state index in [-0.39, 0.29) is 18.2 Å². The highest BCUT2D eigenvalue weighted by molar-refractivity contribution is 6.30. The molecule has 0 aliphatic carbocycles. The lowest BCUT2D eigenvalue weighted by atomic mass is 9.99. The molecular formula is C13H16ClNO3. The van der Waals surface area contributed by atoms with Crippen molar-refractivity contribution >= 4 is 29.2 Å². The van der Waals surface area contributed by atoms with Gasteiger partial charge in [-0.25, -0.2) is 0 Å². The minimum atomic E-state index is -0.885. The summed E-state index contributed by atoms with van der Waals surface area (Å²) in [5, 5.41) is 11.9. The van der Waals surface area contributed by atoms with Gasteiger partial charge in [0.25, 0.3) is 0 Å². The van der Waals surface area contributed by atoms with E-state index in [1.807, 2.05) is 6.92 Å². The molecule has 1 unspecified atom stereocenters. The fourth-order valence-electron chi connectivity index (χ4n) is 1.63. The molecule has 4 nitrogen and oxygen atoms in total. The van der Waals surface area contributed by atoms with Crippen molar-refractivity contribution in [2.75, 3.05) is 5.32 Å². The second-order valence-corrected chi connectivity index (χ2v) is 4.47. The van der Waals surface area contributed by atoms with E-state index < -0.39 is 5.97 Å². The van der Waals surface area contributed by atoms with E-state index in [9.17, 15) is 9.59 Å². The van der Waals surface area contributed by atoms with E-state index in [0.29, 0.717) is 23.6 Å². The Bertz CT molecular complexity index is 434. The summed E-state index contributed by atoms with van der Waals surface area (Å²) < 4.78 is 0. The van der Waals surface area contributed by atoms with Gasteiger partial charge in [-0.3, -0.25) is 9.59 Å². The van der Waals surface area contributed by atoms with E-state index >= 15 is 0 Å². The highest BCUT2D eigenvalue weighted by atomic mass is 35.5. The first kappa shape index (κ1) is 14.5. The number of aliphatic carboxylic acids is 1. The summed E-state index contributed by atoms with van der Waals surface area (Å²) in [6.07, 6.45) is 0.958. The number of carbonyl (C=O) groups is 2. The quantitative estimate of drug-likeness (QED) is 0.834. The first-order valence-corrected chi connectivity index (χ1v) is 6.19. The van der Waals surface area contributed by atoms with Crippen molar-refractivity contribution in [2.24, 2.45) is 5.92 Å². The maximum absolute atomic E-state index is 11.9. The standard InChI is InChI=1S/C13H16ClNO3/c1-2-9(6-7-12(16)17)13(18)15-11-5-3-4-10(14)8-11/h3-5,8-9H,2,6-7H2,1H3,(H,15,18)(H,16,17). The van der Waals surface area contributed by atoms with Gasteiger partial charge in [0.15, 0.2) is 0 Å². The molecule has 18 heavy (non-hydrogen) atoms. The number of hydrogen-bond acceptors (Lipinski definition) is 2. The molecule has 1 amide bonds. The van der Waals surface area contributed by atoms with Crippen molar-refractivity contribution in [2.45, 2.75) is 26.2 Å². The molecule has 0 heterocycles. The molecule has 2 N–H and O–H groups in total. The normalized spacial score (nSPS) is 11.9. The Morgan fingerprint density at radius 3 is 2.72 bits per heavy atom. The predicted octanol–water partition coefficient (Wildman–Crippen LogP) is 3.17. The van der Waals surface area contributed by atoms with Gasteiger partial charge < -0.3 is 10.4 Å². The van der Waals surface area contributed by atoms with Crippen molar-refractivity contribution in [3.05, 3.63) is 29.3 Å². The SMILES string of the molecule is CCC(CCC(=O)O)C(=O)Nc1cccc(Cl)c1. The largest absolute Gasteiger partial charge is 0.481 e. The third kappa shape index (κ3) is 4.75. The number of hydrogen-bond donors (Lipinski definition) is 2. The van der Waals surface area contributed by atoms with Gasteiger partial charge in [0, 0.05) is 23.0 Å². The lowest BCUT2D eigenvalue weighted by molar-refractivity contribution is -0.137. The molecule has 0 radical (unpaired) electrons. The minimum Gasteiger partial charge on any atom is -0.481 e. The Morgan fingerprint density at radius 2 is 2.17 bits per heavy atom. The Kier molecular flexibility index (Phi) is 5.65. The van der Waals surface area contributed by atoms with Crippen molar-refractivity contribution in [3.8, 4) is 0 Å². The predicted molar refractivity (Wildman–Crippen MR) is 70.7 cm³/mol. The Balaban J connectivity index is 2.59. The van der Waals surface area contributed by atoms with Crippen LogP contribution in [0.1, 0.15) is 26.2 Å². The molecule has 1 aromatic rings.